The van der Waals surface area contributed by atoms with Crippen LogP contribution in [0.25, 0.3) is 22.6 Å². The van der Waals surface area contributed by atoms with E-state index in [0.717, 1.165) is 16.9 Å². The van der Waals surface area contributed by atoms with Gasteiger partial charge in [-0.2, -0.15) is 11.3 Å². The zero-order chi connectivity index (χ0) is 9.38. The van der Waals surface area contributed by atoms with E-state index in [2.05, 4.69) is 19.9 Å². The quantitative estimate of drug-likeness (QED) is 0.657. The van der Waals surface area contributed by atoms with Crippen LogP contribution in [0.2, 0.25) is 0 Å². The van der Waals surface area contributed by atoms with Gasteiger partial charge in [0, 0.05) is 10.9 Å². The Labute approximate surface area is 83.7 Å². The number of fused-ring (bicyclic) bond motifs is 1. The van der Waals surface area contributed by atoms with Gasteiger partial charge in [0.05, 0.1) is 6.20 Å². The molecule has 3 rings (SSSR count). The Morgan fingerprint density at radius 1 is 1.36 bits per heavy atom. The summed E-state index contributed by atoms with van der Waals surface area (Å²) < 4.78 is 0. The lowest BCUT2D eigenvalue weighted by molar-refractivity contribution is 1.20. The molecule has 5 heteroatoms. The molecule has 0 fully saturated rings. The number of H-pyrrole nitrogens is 1. The number of aromatic amines is 1. The van der Waals surface area contributed by atoms with Crippen LogP contribution in [-0.2, 0) is 0 Å². The van der Waals surface area contributed by atoms with Crippen LogP contribution >= 0.6 is 11.3 Å². The summed E-state index contributed by atoms with van der Waals surface area (Å²) in [5, 5.41) is 4.07. The van der Waals surface area contributed by atoms with E-state index in [9.17, 15) is 0 Å². The Bertz CT molecular complexity index is 522. The van der Waals surface area contributed by atoms with Gasteiger partial charge in [-0.3, -0.25) is 0 Å². The van der Waals surface area contributed by atoms with Gasteiger partial charge in [0.15, 0.2) is 5.65 Å². The predicted molar refractivity (Wildman–Crippen MR) is 55.0 cm³/mol. The summed E-state index contributed by atoms with van der Waals surface area (Å²) >= 11 is 1.65. The molecule has 0 aliphatic carbocycles. The number of thiophene rings is 1. The van der Waals surface area contributed by atoms with Gasteiger partial charge in [0.25, 0.3) is 0 Å². The van der Waals surface area contributed by atoms with Crippen LogP contribution in [0, 0.1) is 0 Å². The van der Waals surface area contributed by atoms with Gasteiger partial charge in [-0.05, 0) is 11.4 Å². The normalized spacial score (nSPS) is 10.9. The van der Waals surface area contributed by atoms with E-state index >= 15 is 0 Å². The van der Waals surface area contributed by atoms with Crippen molar-refractivity contribution >= 4 is 22.5 Å². The second-order valence-corrected chi connectivity index (χ2v) is 3.64. The van der Waals surface area contributed by atoms with Crippen LogP contribution in [0.15, 0.2) is 29.4 Å². The minimum absolute atomic E-state index is 0.709. The van der Waals surface area contributed by atoms with Gasteiger partial charge >= 0.3 is 0 Å². The summed E-state index contributed by atoms with van der Waals surface area (Å²) in [6.07, 6.45) is 3.23. The molecule has 0 saturated carbocycles. The van der Waals surface area contributed by atoms with Crippen molar-refractivity contribution in [2.75, 3.05) is 0 Å². The summed E-state index contributed by atoms with van der Waals surface area (Å²) in [6, 6.07) is 2.02. The maximum atomic E-state index is 4.36. The molecule has 0 atom stereocenters. The van der Waals surface area contributed by atoms with Gasteiger partial charge in [-0.15, -0.1) is 0 Å². The average molecular weight is 202 g/mol. The fourth-order valence-corrected chi connectivity index (χ4v) is 1.94. The SMILES string of the molecule is c1ncc2[nH]c(-c3ccsc3)nc2n1. The highest BCUT2D eigenvalue weighted by atomic mass is 32.1. The fraction of sp³-hybridized carbons (Fsp3) is 0. The number of hydrogen-bond acceptors (Lipinski definition) is 4. The maximum absolute atomic E-state index is 4.36. The highest BCUT2D eigenvalue weighted by molar-refractivity contribution is 7.08. The highest BCUT2D eigenvalue weighted by Crippen LogP contribution is 2.20. The van der Waals surface area contributed by atoms with E-state index in [1.54, 1.807) is 17.5 Å². The molecule has 1 N–H and O–H groups in total. The van der Waals surface area contributed by atoms with Crippen LogP contribution in [0.3, 0.4) is 0 Å². The zero-order valence-electron chi connectivity index (χ0n) is 7.14. The van der Waals surface area contributed by atoms with Gasteiger partial charge in [0.1, 0.15) is 17.7 Å². The summed E-state index contributed by atoms with van der Waals surface area (Å²) in [7, 11) is 0. The number of imidazole rings is 1. The summed E-state index contributed by atoms with van der Waals surface area (Å²) in [5.41, 5.74) is 2.67. The molecule has 0 aliphatic rings. The van der Waals surface area contributed by atoms with Gasteiger partial charge in [0.2, 0.25) is 0 Å². The first-order valence-electron chi connectivity index (χ1n) is 4.12. The molecule has 0 bridgehead atoms. The molecule has 0 aromatic carbocycles. The molecule has 4 nitrogen and oxygen atoms in total. The van der Waals surface area contributed by atoms with Crippen molar-refractivity contribution in [1.29, 1.82) is 0 Å². The highest BCUT2D eigenvalue weighted by Gasteiger charge is 2.05. The van der Waals surface area contributed by atoms with Crippen LogP contribution in [0.5, 0.6) is 0 Å². The molecular formula is C9H6N4S. The fourth-order valence-electron chi connectivity index (χ4n) is 1.30. The monoisotopic (exact) mass is 202 g/mol. The molecule has 0 aliphatic heterocycles. The maximum Gasteiger partial charge on any atom is 0.181 e. The van der Waals surface area contributed by atoms with E-state index in [1.165, 1.54) is 6.33 Å². The molecule has 0 amide bonds. The third-order valence-electron chi connectivity index (χ3n) is 1.96. The Morgan fingerprint density at radius 2 is 2.36 bits per heavy atom. The van der Waals surface area contributed by atoms with Crippen molar-refractivity contribution in [3.63, 3.8) is 0 Å². The minimum atomic E-state index is 0.709. The van der Waals surface area contributed by atoms with Crippen LogP contribution < -0.4 is 0 Å². The van der Waals surface area contributed by atoms with Crippen LogP contribution in [0.4, 0.5) is 0 Å². The predicted octanol–water partition coefficient (Wildman–Crippen LogP) is 2.08. The molecule has 3 aromatic heterocycles. The first kappa shape index (κ1) is 7.64. The number of hydrogen-bond donors (Lipinski definition) is 1. The van der Waals surface area contributed by atoms with Gasteiger partial charge in [-0.1, -0.05) is 0 Å². The van der Waals surface area contributed by atoms with Crippen molar-refractivity contribution in [2.45, 2.75) is 0 Å². The van der Waals surface area contributed by atoms with E-state index in [-0.39, 0.29) is 0 Å². The molecule has 0 radical (unpaired) electrons. The van der Waals surface area contributed by atoms with Gasteiger partial charge < -0.3 is 4.98 Å². The first-order chi connectivity index (χ1) is 6.93. The second-order valence-electron chi connectivity index (χ2n) is 2.86. The molecule has 0 spiro atoms. The number of nitrogens with zero attached hydrogens (tertiary/aromatic N) is 3. The number of aromatic nitrogens is 4. The Kier molecular flexibility index (Phi) is 1.57. The van der Waals surface area contributed by atoms with E-state index in [0.29, 0.717) is 5.65 Å². The van der Waals surface area contributed by atoms with Crippen molar-refractivity contribution in [3.8, 4) is 11.4 Å². The summed E-state index contributed by atoms with van der Waals surface area (Å²) in [6.45, 7) is 0. The Morgan fingerprint density at radius 3 is 3.14 bits per heavy atom. The van der Waals surface area contributed by atoms with Crippen molar-refractivity contribution in [1.82, 2.24) is 19.9 Å². The smallest absolute Gasteiger partial charge is 0.181 e. The molecular weight excluding hydrogens is 196 g/mol. The molecule has 0 saturated heterocycles. The van der Waals surface area contributed by atoms with Crippen molar-refractivity contribution in [2.24, 2.45) is 0 Å². The van der Waals surface area contributed by atoms with Gasteiger partial charge in [-0.25, -0.2) is 15.0 Å². The lowest BCUT2D eigenvalue weighted by atomic mass is 10.3. The van der Waals surface area contributed by atoms with E-state index < -0.39 is 0 Å². The largest absolute Gasteiger partial charge is 0.335 e. The standard InChI is InChI=1S/C9H6N4S/c1-2-14-4-6(1)8-12-7-3-10-5-11-9(7)13-8/h1-5H,(H,10,11,12,13). The number of rotatable bonds is 1. The summed E-state index contributed by atoms with van der Waals surface area (Å²) in [4.78, 5) is 15.5. The zero-order valence-corrected chi connectivity index (χ0v) is 7.95. The third kappa shape index (κ3) is 1.10. The lowest BCUT2D eigenvalue weighted by Gasteiger charge is -1.85. The minimum Gasteiger partial charge on any atom is -0.335 e. The molecule has 68 valence electrons. The number of nitrogens with one attached hydrogen (secondary N) is 1. The molecule has 3 heterocycles. The topological polar surface area (TPSA) is 54.5 Å². The summed E-state index contributed by atoms with van der Waals surface area (Å²) in [5.74, 6) is 0.849. The van der Waals surface area contributed by atoms with Crippen LogP contribution in [0.1, 0.15) is 0 Å². The molecule has 14 heavy (non-hydrogen) atoms. The Hall–Kier alpha value is -1.75. The second kappa shape index (κ2) is 2.88. The van der Waals surface area contributed by atoms with Crippen molar-refractivity contribution < 1.29 is 0 Å². The lowest BCUT2D eigenvalue weighted by Crippen LogP contribution is -1.76. The Balaban J connectivity index is 2.24. The first-order valence-corrected chi connectivity index (χ1v) is 5.06. The molecule has 3 aromatic rings. The van der Waals surface area contributed by atoms with E-state index in [4.69, 9.17) is 0 Å². The van der Waals surface area contributed by atoms with E-state index in [1.807, 2.05) is 16.8 Å². The third-order valence-corrected chi connectivity index (χ3v) is 2.64. The van der Waals surface area contributed by atoms with Crippen molar-refractivity contribution in [3.05, 3.63) is 29.4 Å². The van der Waals surface area contributed by atoms with Crippen LogP contribution in [-0.4, -0.2) is 19.9 Å². The average Bonchev–Trinajstić information content (AvgIpc) is 2.86. The molecule has 0 unspecified atom stereocenters.